The van der Waals surface area contributed by atoms with E-state index >= 15 is 0 Å². The highest BCUT2D eigenvalue weighted by atomic mass is 19.1. The second-order valence-electron chi connectivity index (χ2n) is 5.39. The molecule has 3 N–H and O–H groups in total. The number of carbonyl (C=O) groups is 1. The molecule has 2 aromatic carbocycles. The van der Waals surface area contributed by atoms with Gasteiger partial charge in [0.2, 0.25) is 0 Å². The maximum Gasteiger partial charge on any atom is 0.275 e. The number of halogens is 1. The summed E-state index contributed by atoms with van der Waals surface area (Å²) in [5.74, 6) is -1.22. The quantitative estimate of drug-likeness (QED) is 0.663. The Hall–Kier alpha value is -3.19. The minimum Gasteiger partial charge on any atom is -0.504 e. The van der Waals surface area contributed by atoms with Gasteiger partial charge in [-0.25, -0.2) is 9.07 Å². The molecule has 0 atom stereocenters. The summed E-state index contributed by atoms with van der Waals surface area (Å²) in [6, 6.07) is 12.7. The zero-order valence-electron chi connectivity index (χ0n) is 13.2. The van der Waals surface area contributed by atoms with E-state index in [1.807, 2.05) is 0 Å². The Bertz CT molecular complexity index is 891. The van der Waals surface area contributed by atoms with Crippen molar-refractivity contribution in [3.63, 3.8) is 0 Å². The molecule has 6 nitrogen and oxygen atoms in total. The Kier molecular flexibility index (Phi) is 4.76. The lowest BCUT2D eigenvalue weighted by molar-refractivity contribution is 0.0942. The van der Waals surface area contributed by atoms with Crippen LogP contribution in [0.4, 0.5) is 4.39 Å². The third-order valence-corrected chi connectivity index (χ3v) is 3.73. The molecule has 0 aliphatic carbocycles. The lowest BCUT2D eigenvalue weighted by atomic mass is 10.1. The standard InChI is InChI=1S/C18H16FN3O3/c19-14-5-7-15(8-6-14)22-10-16(24)17(21-22)18(25)20-9-12-3-1-2-4-13(12)11-23/h1-8,10,23-24H,9,11H2,(H,20,25). The van der Waals surface area contributed by atoms with Crippen molar-refractivity contribution in [2.45, 2.75) is 13.2 Å². The number of aromatic hydroxyl groups is 1. The summed E-state index contributed by atoms with van der Waals surface area (Å²) in [4.78, 5) is 12.3. The van der Waals surface area contributed by atoms with Crippen LogP contribution in [0.15, 0.2) is 54.7 Å². The molecule has 0 bridgehead atoms. The summed E-state index contributed by atoms with van der Waals surface area (Å²) in [5, 5.41) is 26.0. The Balaban J connectivity index is 1.75. The number of hydrogen-bond donors (Lipinski definition) is 3. The van der Waals surface area contributed by atoms with Crippen LogP contribution >= 0.6 is 0 Å². The van der Waals surface area contributed by atoms with Crippen molar-refractivity contribution in [1.29, 1.82) is 0 Å². The fraction of sp³-hybridized carbons (Fsp3) is 0.111. The Morgan fingerprint density at radius 3 is 2.48 bits per heavy atom. The summed E-state index contributed by atoms with van der Waals surface area (Å²) in [7, 11) is 0. The molecule has 0 fully saturated rings. The first-order valence-corrected chi connectivity index (χ1v) is 7.59. The van der Waals surface area contributed by atoms with Gasteiger partial charge in [-0.3, -0.25) is 4.79 Å². The van der Waals surface area contributed by atoms with Crippen LogP contribution in [0.5, 0.6) is 5.75 Å². The summed E-state index contributed by atoms with van der Waals surface area (Å²) < 4.78 is 14.3. The number of aliphatic hydroxyl groups excluding tert-OH is 1. The van der Waals surface area contributed by atoms with Crippen molar-refractivity contribution in [2.75, 3.05) is 0 Å². The first-order chi connectivity index (χ1) is 12.1. The van der Waals surface area contributed by atoms with Gasteiger partial charge in [-0.1, -0.05) is 24.3 Å². The topological polar surface area (TPSA) is 87.4 Å². The van der Waals surface area contributed by atoms with Crippen LogP contribution in [0.2, 0.25) is 0 Å². The maximum atomic E-state index is 13.0. The first kappa shape index (κ1) is 16.7. The smallest absolute Gasteiger partial charge is 0.275 e. The Morgan fingerprint density at radius 1 is 1.12 bits per heavy atom. The van der Waals surface area contributed by atoms with Crippen molar-refractivity contribution in [3.8, 4) is 11.4 Å². The van der Waals surface area contributed by atoms with Gasteiger partial charge in [-0.15, -0.1) is 0 Å². The molecule has 0 saturated carbocycles. The van der Waals surface area contributed by atoms with Crippen molar-refractivity contribution in [2.24, 2.45) is 0 Å². The second kappa shape index (κ2) is 7.14. The van der Waals surface area contributed by atoms with E-state index in [2.05, 4.69) is 10.4 Å². The van der Waals surface area contributed by atoms with E-state index in [-0.39, 0.29) is 30.4 Å². The number of aliphatic hydroxyl groups is 1. The van der Waals surface area contributed by atoms with Gasteiger partial charge in [-0.2, -0.15) is 5.10 Å². The normalized spacial score (nSPS) is 10.6. The van der Waals surface area contributed by atoms with Crippen LogP contribution in [0, 0.1) is 5.82 Å². The van der Waals surface area contributed by atoms with Gasteiger partial charge in [0.15, 0.2) is 11.4 Å². The molecule has 0 aliphatic heterocycles. The van der Waals surface area contributed by atoms with Crippen LogP contribution in [0.1, 0.15) is 21.6 Å². The Morgan fingerprint density at radius 2 is 1.80 bits per heavy atom. The molecule has 3 rings (SSSR count). The van der Waals surface area contributed by atoms with Gasteiger partial charge in [0.1, 0.15) is 5.82 Å². The number of amides is 1. The molecule has 1 amide bonds. The van der Waals surface area contributed by atoms with E-state index in [0.29, 0.717) is 11.3 Å². The highest BCUT2D eigenvalue weighted by Crippen LogP contribution is 2.18. The fourth-order valence-corrected chi connectivity index (χ4v) is 2.40. The number of nitrogens with one attached hydrogen (secondary N) is 1. The molecule has 0 saturated heterocycles. The average molecular weight is 341 g/mol. The van der Waals surface area contributed by atoms with E-state index in [0.717, 1.165) is 5.56 Å². The lowest BCUT2D eigenvalue weighted by Crippen LogP contribution is -2.24. The third kappa shape index (κ3) is 3.67. The molecule has 25 heavy (non-hydrogen) atoms. The van der Waals surface area contributed by atoms with Gasteiger partial charge >= 0.3 is 0 Å². The highest BCUT2D eigenvalue weighted by molar-refractivity contribution is 5.94. The largest absolute Gasteiger partial charge is 0.504 e. The second-order valence-corrected chi connectivity index (χ2v) is 5.39. The number of carbonyl (C=O) groups excluding carboxylic acids is 1. The number of benzene rings is 2. The molecule has 1 aromatic heterocycles. The average Bonchev–Trinajstić information content (AvgIpc) is 3.02. The van der Waals surface area contributed by atoms with Gasteiger partial charge < -0.3 is 15.5 Å². The fourth-order valence-electron chi connectivity index (χ4n) is 2.40. The minimum atomic E-state index is -0.550. The molecule has 0 unspecified atom stereocenters. The SMILES string of the molecule is O=C(NCc1ccccc1CO)c1nn(-c2ccc(F)cc2)cc1O. The summed E-state index contributed by atoms with van der Waals surface area (Å²) in [5.41, 5.74) is 1.87. The molecular weight excluding hydrogens is 325 g/mol. The monoisotopic (exact) mass is 341 g/mol. The van der Waals surface area contributed by atoms with E-state index in [1.54, 1.807) is 24.3 Å². The van der Waals surface area contributed by atoms with E-state index in [9.17, 15) is 19.4 Å². The Labute approximate surface area is 143 Å². The molecule has 0 radical (unpaired) electrons. The van der Waals surface area contributed by atoms with Crippen molar-refractivity contribution in [1.82, 2.24) is 15.1 Å². The molecular formula is C18H16FN3O3. The predicted octanol–water partition coefficient (Wildman–Crippen LogP) is 2.14. The summed E-state index contributed by atoms with van der Waals surface area (Å²) in [6.45, 7) is 0.0644. The van der Waals surface area contributed by atoms with Crippen LogP contribution < -0.4 is 5.32 Å². The minimum absolute atomic E-state index is 0.128. The van der Waals surface area contributed by atoms with Crippen molar-refractivity contribution >= 4 is 5.91 Å². The number of hydrogen-bond acceptors (Lipinski definition) is 4. The zero-order chi connectivity index (χ0) is 17.8. The van der Waals surface area contributed by atoms with Gasteiger partial charge in [-0.05, 0) is 35.4 Å². The van der Waals surface area contributed by atoms with E-state index in [4.69, 9.17) is 0 Å². The van der Waals surface area contributed by atoms with Gasteiger partial charge in [0.25, 0.3) is 5.91 Å². The van der Waals surface area contributed by atoms with Crippen LogP contribution in [0.3, 0.4) is 0 Å². The molecule has 0 aliphatic rings. The van der Waals surface area contributed by atoms with Crippen LogP contribution in [-0.4, -0.2) is 25.9 Å². The maximum absolute atomic E-state index is 13.0. The van der Waals surface area contributed by atoms with Gasteiger partial charge in [0.05, 0.1) is 18.5 Å². The molecule has 3 aromatic rings. The van der Waals surface area contributed by atoms with Gasteiger partial charge in [0, 0.05) is 6.54 Å². The first-order valence-electron chi connectivity index (χ1n) is 7.59. The van der Waals surface area contributed by atoms with Crippen LogP contribution in [-0.2, 0) is 13.2 Å². The highest BCUT2D eigenvalue weighted by Gasteiger charge is 2.17. The van der Waals surface area contributed by atoms with Crippen molar-refractivity contribution in [3.05, 3.63) is 77.4 Å². The number of aromatic nitrogens is 2. The third-order valence-electron chi connectivity index (χ3n) is 3.73. The lowest BCUT2D eigenvalue weighted by Gasteiger charge is -2.08. The van der Waals surface area contributed by atoms with E-state index in [1.165, 1.54) is 35.1 Å². The van der Waals surface area contributed by atoms with E-state index < -0.39 is 5.91 Å². The predicted molar refractivity (Wildman–Crippen MR) is 88.7 cm³/mol. The molecule has 128 valence electrons. The zero-order valence-corrected chi connectivity index (χ0v) is 13.2. The molecule has 1 heterocycles. The summed E-state index contributed by atoms with van der Waals surface area (Å²) >= 11 is 0. The number of nitrogens with zero attached hydrogens (tertiary/aromatic N) is 2. The molecule has 7 heteroatoms. The number of rotatable bonds is 5. The van der Waals surface area contributed by atoms with Crippen molar-refractivity contribution < 1.29 is 19.4 Å². The van der Waals surface area contributed by atoms with Crippen LogP contribution in [0.25, 0.3) is 5.69 Å². The molecule has 0 spiro atoms. The summed E-state index contributed by atoms with van der Waals surface area (Å²) in [6.07, 6.45) is 1.28.